The Morgan fingerprint density at radius 3 is 2.47 bits per heavy atom. The maximum atomic E-state index is 12.2. The van der Waals surface area contributed by atoms with E-state index >= 15 is 0 Å². The highest BCUT2D eigenvalue weighted by molar-refractivity contribution is 6.00. The Balaban J connectivity index is 2.62. The molecule has 0 saturated carbocycles. The van der Waals surface area contributed by atoms with Gasteiger partial charge in [-0.15, -0.1) is 0 Å². The van der Waals surface area contributed by atoms with Crippen LogP contribution in [0.5, 0.6) is 0 Å². The first-order chi connectivity index (χ1) is 8.19. The summed E-state index contributed by atoms with van der Waals surface area (Å²) >= 11 is 0. The summed E-state index contributed by atoms with van der Waals surface area (Å²) < 4.78 is 0. The maximum Gasteiger partial charge on any atom is 0.179 e. The zero-order chi connectivity index (χ0) is 12.7. The topological polar surface area (TPSA) is 55.1 Å². The number of nitrogens with one attached hydrogen (secondary N) is 1. The summed E-state index contributed by atoms with van der Waals surface area (Å²) in [6.07, 6.45) is 3.05. The third-order valence-electron chi connectivity index (χ3n) is 2.84. The Morgan fingerprint density at radius 2 is 1.94 bits per heavy atom. The molecular weight excluding hydrogens is 212 g/mol. The summed E-state index contributed by atoms with van der Waals surface area (Å²) in [5.74, 6) is 0.156. The molecule has 0 heterocycles. The largest absolute Gasteiger partial charge is 0.399 e. The highest BCUT2D eigenvalue weighted by Crippen LogP contribution is 2.09. The molecule has 1 atom stereocenters. The lowest BCUT2D eigenvalue weighted by Crippen LogP contribution is -2.36. The van der Waals surface area contributed by atoms with E-state index in [4.69, 9.17) is 5.73 Å². The minimum Gasteiger partial charge on any atom is -0.399 e. The standard InChI is InChI=1S/C14H22N2O/c1-3-5-10-16-13(4-2)14(17)11-6-8-12(15)9-7-11/h6-9,13,16H,3-5,10,15H2,1-2H3. The molecule has 0 saturated heterocycles. The summed E-state index contributed by atoms with van der Waals surface area (Å²) in [6.45, 7) is 5.07. The van der Waals surface area contributed by atoms with Crippen molar-refractivity contribution in [2.24, 2.45) is 0 Å². The predicted octanol–water partition coefficient (Wildman–Crippen LogP) is 2.62. The summed E-state index contributed by atoms with van der Waals surface area (Å²) in [7, 11) is 0. The van der Waals surface area contributed by atoms with Crippen LogP contribution in [0.1, 0.15) is 43.5 Å². The van der Waals surface area contributed by atoms with Crippen LogP contribution in [-0.2, 0) is 0 Å². The van der Waals surface area contributed by atoms with Gasteiger partial charge in [-0.25, -0.2) is 0 Å². The van der Waals surface area contributed by atoms with Crippen molar-refractivity contribution in [3.63, 3.8) is 0 Å². The quantitative estimate of drug-likeness (QED) is 0.433. The number of carbonyl (C=O) groups is 1. The normalized spacial score (nSPS) is 12.4. The lowest BCUT2D eigenvalue weighted by atomic mass is 10.0. The number of hydrogen-bond acceptors (Lipinski definition) is 3. The molecule has 3 N–H and O–H groups in total. The van der Waals surface area contributed by atoms with Crippen LogP contribution in [0, 0.1) is 0 Å². The lowest BCUT2D eigenvalue weighted by Gasteiger charge is -2.15. The molecule has 1 aromatic carbocycles. The highest BCUT2D eigenvalue weighted by atomic mass is 16.1. The van der Waals surface area contributed by atoms with Crippen LogP contribution in [0.25, 0.3) is 0 Å². The fraction of sp³-hybridized carbons (Fsp3) is 0.500. The SMILES string of the molecule is CCCCNC(CC)C(=O)c1ccc(N)cc1. The van der Waals surface area contributed by atoms with Crippen LogP contribution in [0.4, 0.5) is 5.69 Å². The number of Topliss-reactive ketones (excluding diaryl/α,β-unsaturated/α-hetero) is 1. The molecule has 1 rings (SSSR count). The second-order valence-corrected chi connectivity index (χ2v) is 4.25. The molecule has 0 aliphatic heterocycles. The molecule has 0 amide bonds. The molecule has 0 bridgehead atoms. The molecule has 1 aromatic rings. The number of carbonyl (C=O) groups excluding carboxylic acids is 1. The fourth-order valence-electron chi connectivity index (χ4n) is 1.72. The number of rotatable bonds is 7. The number of anilines is 1. The van der Waals surface area contributed by atoms with Gasteiger partial charge in [-0.2, -0.15) is 0 Å². The van der Waals surface area contributed by atoms with E-state index < -0.39 is 0 Å². The van der Waals surface area contributed by atoms with Crippen LogP contribution < -0.4 is 11.1 Å². The van der Waals surface area contributed by atoms with Crippen LogP contribution in [0.15, 0.2) is 24.3 Å². The molecule has 1 unspecified atom stereocenters. The summed E-state index contributed by atoms with van der Waals surface area (Å²) in [5, 5.41) is 3.30. The smallest absolute Gasteiger partial charge is 0.179 e. The monoisotopic (exact) mass is 234 g/mol. The van der Waals surface area contributed by atoms with Crippen LogP contribution in [0.3, 0.4) is 0 Å². The van der Waals surface area contributed by atoms with Gasteiger partial charge in [-0.3, -0.25) is 4.79 Å². The highest BCUT2D eigenvalue weighted by Gasteiger charge is 2.16. The number of ketones is 1. The van der Waals surface area contributed by atoms with E-state index in [1.54, 1.807) is 24.3 Å². The summed E-state index contributed by atoms with van der Waals surface area (Å²) in [4.78, 5) is 12.2. The Hall–Kier alpha value is -1.35. The first kappa shape index (κ1) is 13.7. The van der Waals surface area contributed by atoms with Crippen molar-refractivity contribution in [2.75, 3.05) is 12.3 Å². The number of hydrogen-bond donors (Lipinski definition) is 2. The second-order valence-electron chi connectivity index (χ2n) is 4.25. The average molecular weight is 234 g/mol. The predicted molar refractivity (Wildman–Crippen MR) is 72.2 cm³/mol. The van der Waals surface area contributed by atoms with Gasteiger partial charge in [0.05, 0.1) is 6.04 Å². The van der Waals surface area contributed by atoms with Crippen LogP contribution in [-0.4, -0.2) is 18.4 Å². The van der Waals surface area contributed by atoms with Crippen molar-refractivity contribution >= 4 is 11.5 Å². The van der Waals surface area contributed by atoms with E-state index in [-0.39, 0.29) is 11.8 Å². The van der Waals surface area contributed by atoms with E-state index in [0.717, 1.165) is 31.4 Å². The van der Waals surface area contributed by atoms with Gasteiger partial charge >= 0.3 is 0 Å². The lowest BCUT2D eigenvalue weighted by molar-refractivity contribution is 0.0940. The molecule has 17 heavy (non-hydrogen) atoms. The van der Waals surface area contributed by atoms with E-state index in [1.165, 1.54) is 0 Å². The first-order valence-corrected chi connectivity index (χ1v) is 6.32. The van der Waals surface area contributed by atoms with Crippen molar-refractivity contribution < 1.29 is 4.79 Å². The van der Waals surface area contributed by atoms with Crippen molar-refractivity contribution in [1.82, 2.24) is 5.32 Å². The number of unbranched alkanes of at least 4 members (excludes halogenated alkanes) is 1. The third-order valence-corrected chi connectivity index (χ3v) is 2.84. The Labute approximate surface area is 103 Å². The third kappa shape index (κ3) is 4.19. The molecule has 0 aliphatic rings. The van der Waals surface area contributed by atoms with Crippen molar-refractivity contribution in [3.05, 3.63) is 29.8 Å². The minimum absolute atomic E-state index is 0.0785. The maximum absolute atomic E-state index is 12.2. The molecule has 0 aromatic heterocycles. The molecule has 0 aliphatic carbocycles. The van der Waals surface area contributed by atoms with Gasteiger partial charge in [-0.1, -0.05) is 20.3 Å². The Morgan fingerprint density at radius 1 is 1.29 bits per heavy atom. The van der Waals surface area contributed by atoms with E-state index in [2.05, 4.69) is 12.2 Å². The number of nitrogens with two attached hydrogens (primary N) is 1. The molecule has 0 radical (unpaired) electrons. The first-order valence-electron chi connectivity index (χ1n) is 6.32. The van der Waals surface area contributed by atoms with Crippen LogP contribution in [0.2, 0.25) is 0 Å². The summed E-state index contributed by atoms with van der Waals surface area (Å²) in [5.41, 5.74) is 7.03. The Bertz CT molecular complexity index is 346. The van der Waals surface area contributed by atoms with E-state index in [0.29, 0.717) is 5.69 Å². The molecule has 0 spiro atoms. The number of nitrogen functional groups attached to an aromatic ring is 1. The zero-order valence-corrected chi connectivity index (χ0v) is 10.7. The second kappa shape index (κ2) is 7.07. The van der Waals surface area contributed by atoms with E-state index in [9.17, 15) is 4.79 Å². The molecule has 0 fully saturated rings. The van der Waals surface area contributed by atoms with Crippen LogP contribution >= 0.6 is 0 Å². The zero-order valence-electron chi connectivity index (χ0n) is 10.7. The van der Waals surface area contributed by atoms with Gasteiger partial charge in [-0.05, 0) is 43.7 Å². The van der Waals surface area contributed by atoms with Gasteiger partial charge in [0, 0.05) is 11.3 Å². The van der Waals surface area contributed by atoms with Crippen molar-refractivity contribution in [1.29, 1.82) is 0 Å². The van der Waals surface area contributed by atoms with Gasteiger partial charge in [0.2, 0.25) is 0 Å². The van der Waals surface area contributed by atoms with E-state index in [1.807, 2.05) is 6.92 Å². The van der Waals surface area contributed by atoms with Gasteiger partial charge < -0.3 is 11.1 Å². The average Bonchev–Trinajstić information content (AvgIpc) is 2.35. The van der Waals surface area contributed by atoms with Gasteiger partial charge in [0.25, 0.3) is 0 Å². The van der Waals surface area contributed by atoms with Gasteiger partial charge in [0.15, 0.2) is 5.78 Å². The Kier molecular flexibility index (Phi) is 5.70. The molecule has 3 heteroatoms. The summed E-state index contributed by atoms with van der Waals surface area (Å²) in [6, 6.07) is 7.05. The van der Waals surface area contributed by atoms with Crippen molar-refractivity contribution in [3.8, 4) is 0 Å². The van der Waals surface area contributed by atoms with Gasteiger partial charge in [0.1, 0.15) is 0 Å². The van der Waals surface area contributed by atoms with Crippen molar-refractivity contribution in [2.45, 2.75) is 39.2 Å². The fourth-order valence-corrected chi connectivity index (χ4v) is 1.72. The number of benzene rings is 1. The molecule has 94 valence electrons. The minimum atomic E-state index is -0.0785. The molecule has 3 nitrogen and oxygen atoms in total. The molecular formula is C14H22N2O.